The van der Waals surface area contributed by atoms with Gasteiger partial charge in [-0.2, -0.15) is 0 Å². The molecule has 1 N–H and O–H groups in total. The van der Waals surface area contributed by atoms with Crippen molar-refractivity contribution in [1.82, 2.24) is 5.32 Å². The fourth-order valence-electron chi connectivity index (χ4n) is 2.09. The fraction of sp³-hybridized carbons (Fsp3) is 0.250. The summed E-state index contributed by atoms with van der Waals surface area (Å²) in [5.41, 5.74) is 1.65. The molecule has 0 saturated heterocycles. The Balaban J connectivity index is 2.05. The van der Waals surface area contributed by atoms with E-state index in [9.17, 15) is 9.59 Å². The number of carbonyl (C=O) groups is 2. The van der Waals surface area contributed by atoms with Crippen LogP contribution in [0.2, 0.25) is 0 Å². The van der Waals surface area contributed by atoms with Crippen LogP contribution in [-0.4, -0.2) is 18.4 Å². The molecule has 1 aromatic heterocycles. The average Bonchev–Trinajstić information content (AvgIpc) is 2.96. The van der Waals surface area contributed by atoms with Crippen LogP contribution in [0.5, 0.6) is 0 Å². The molecule has 0 aliphatic rings. The number of carbonyl (C=O) groups excluding carboxylic acids is 2. The summed E-state index contributed by atoms with van der Waals surface area (Å²) in [5.74, 6) is 0.245. The molecular weight excluding hydrogens is 348 g/mol. The van der Waals surface area contributed by atoms with Gasteiger partial charge in [-0.1, -0.05) is 15.9 Å². The minimum absolute atomic E-state index is 0.0293. The maximum absolute atomic E-state index is 12.0. The summed E-state index contributed by atoms with van der Waals surface area (Å²) in [7, 11) is 0. The van der Waals surface area contributed by atoms with Gasteiger partial charge in [0, 0.05) is 17.1 Å². The summed E-state index contributed by atoms with van der Waals surface area (Å²) in [6.07, 6.45) is 1.55. The molecule has 2 aromatic rings. The van der Waals surface area contributed by atoms with Gasteiger partial charge >= 0.3 is 0 Å². The number of anilines is 1. The Morgan fingerprint density at radius 1 is 1.32 bits per heavy atom. The third-order valence-electron chi connectivity index (χ3n) is 3.17. The van der Waals surface area contributed by atoms with Gasteiger partial charge in [-0.15, -0.1) is 0 Å². The molecule has 2 amide bonds. The molecule has 0 atom stereocenters. The first kappa shape index (κ1) is 16.3. The smallest absolute Gasteiger partial charge is 0.240 e. The van der Waals surface area contributed by atoms with Gasteiger partial charge in [-0.25, -0.2) is 0 Å². The molecule has 22 heavy (non-hydrogen) atoms. The number of halogens is 1. The topological polar surface area (TPSA) is 62.6 Å². The summed E-state index contributed by atoms with van der Waals surface area (Å²) in [6, 6.07) is 9.11. The van der Waals surface area contributed by atoms with Crippen LogP contribution >= 0.6 is 15.9 Å². The van der Waals surface area contributed by atoms with Gasteiger partial charge in [-0.05, 0) is 42.8 Å². The Morgan fingerprint density at radius 2 is 2.09 bits per heavy atom. The average molecular weight is 365 g/mol. The molecule has 1 heterocycles. The highest BCUT2D eigenvalue weighted by Crippen LogP contribution is 2.23. The Labute approximate surface area is 137 Å². The van der Waals surface area contributed by atoms with Crippen molar-refractivity contribution >= 4 is 33.4 Å². The molecule has 0 radical (unpaired) electrons. The van der Waals surface area contributed by atoms with Gasteiger partial charge in [0.25, 0.3) is 0 Å². The molecule has 0 saturated carbocycles. The van der Waals surface area contributed by atoms with Crippen molar-refractivity contribution in [1.29, 1.82) is 0 Å². The lowest BCUT2D eigenvalue weighted by molar-refractivity contribution is -0.123. The second kappa shape index (κ2) is 7.26. The van der Waals surface area contributed by atoms with E-state index in [1.54, 1.807) is 18.4 Å². The van der Waals surface area contributed by atoms with Crippen molar-refractivity contribution in [2.24, 2.45) is 0 Å². The third kappa shape index (κ3) is 4.21. The Kier molecular flexibility index (Phi) is 5.38. The molecule has 6 heteroatoms. The van der Waals surface area contributed by atoms with Crippen molar-refractivity contribution < 1.29 is 14.0 Å². The van der Waals surface area contributed by atoms with E-state index in [1.807, 2.05) is 25.1 Å². The highest BCUT2D eigenvalue weighted by atomic mass is 79.9. The molecular formula is C16H17BrN2O3. The Bertz CT molecular complexity index is 668. The monoisotopic (exact) mass is 364 g/mol. The van der Waals surface area contributed by atoms with Gasteiger partial charge < -0.3 is 14.6 Å². The van der Waals surface area contributed by atoms with Crippen molar-refractivity contribution in [2.75, 3.05) is 11.4 Å². The standard InChI is InChI=1S/C16H17BrN2O3/c1-11-8-13(17)5-6-15(11)19(12(2)20)10-16(21)18-9-14-4-3-7-22-14/h3-8H,9-10H2,1-2H3,(H,18,21). The number of nitrogens with one attached hydrogen (secondary N) is 1. The van der Waals surface area contributed by atoms with Crippen LogP contribution in [0.25, 0.3) is 0 Å². The molecule has 0 spiro atoms. The highest BCUT2D eigenvalue weighted by Gasteiger charge is 2.17. The van der Waals surface area contributed by atoms with E-state index in [0.717, 1.165) is 15.7 Å². The first-order valence-corrected chi connectivity index (χ1v) is 7.60. The van der Waals surface area contributed by atoms with Crippen molar-refractivity contribution in [3.63, 3.8) is 0 Å². The molecule has 0 unspecified atom stereocenters. The first-order valence-electron chi connectivity index (χ1n) is 6.80. The van der Waals surface area contributed by atoms with Gasteiger partial charge in [0.15, 0.2) is 0 Å². The summed E-state index contributed by atoms with van der Waals surface area (Å²) < 4.78 is 6.08. The lowest BCUT2D eigenvalue weighted by atomic mass is 10.2. The molecule has 0 fully saturated rings. The number of rotatable bonds is 5. The number of hydrogen-bond donors (Lipinski definition) is 1. The van der Waals surface area contributed by atoms with E-state index in [-0.39, 0.29) is 18.4 Å². The van der Waals surface area contributed by atoms with Crippen LogP contribution in [0.15, 0.2) is 45.5 Å². The van der Waals surface area contributed by atoms with Gasteiger partial charge in [0.05, 0.1) is 12.8 Å². The quantitative estimate of drug-likeness (QED) is 0.886. The number of aryl methyl sites for hydroxylation is 1. The maximum Gasteiger partial charge on any atom is 0.240 e. The molecule has 0 aliphatic heterocycles. The van der Waals surface area contributed by atoms with Crippen LogP contribution < -0.4 is 10.2 Å². The predicted molar refractivity (Wildman–Crippen MR) is 87.5 cm³/mol. The van der Waals surface area contributed by atoms with Crippen LogP contribution in [0.4, 0.5) is 5.69 Å². The van der Waals surface area contributed by atoms with Crippen LogP contribution in [0.3, 0.4) is 0 Å². The Hall–Kier alpha value is -2.08. The van der Waals surface area contributed by atoms with Gasteiger partial charge in [0.1, 0.15) is 12.3 Å². The number of nitrogens with zero attached hydrogens (tertiary/aromatic N) is 1. The van der Waals surface area contributed by atoms with E-state index in [2.05, 4.69) is 21.2 Å². The SMILES string of the molecule is CC(=O)N(CC(=O)NCc1ccco1)c1ccc(Br)cc1C. The maximum atomic E-state index is 12.0. The van der Waals surface area contributed by atoms with Gasteiger partial charge in [0.2, 0.25) is 11.8 Å². The lowest BCUT2D eigenvalue weighted by Crippen LogP contribution is -2.39. The van der Waals surface area contributed by atoms with Crippen LogP contribution in [0.1, 0.15) is 18.2 Å². The van der Waals surface area contributed by atoms with Crippen LogP contribution in [-0.2, 0) is 16.1 Å². The normalized spacial score (nSPS) is 10.3. The van der Waals surface area contributed by atoms with Crippen molar-refractivity contribution in [2.45, 2.75) is 20.4 Å². The molecule has 5 nitrogen and oxygen atoms in total. The molecule has 2 rings (SSSR count). The van der Waals surface area contributed by atoms with Crippen molar-refractivity contribution in [3.8, 4) is 0 Å². The fourth-order valence-corrected chi connectivity index (χ4v) is 2.56. The summed E-state index contributed by atoms with van der Waals surface area (Å²) in [4.78, 5) is 25.4. The number of hydrogen-bond acceptors (Lipinski definition) is 3. The molecule has 0 aliphatic carbocycles. The van der Waals surface area contributed by atoms with E-state index in [0.29, 0.717) is 12.3 Å². The number of amides is 2. The highest BCUT2D eigenvalue weighted by molar-refractivity contribution is 9.10. The predicted octanol–water partition coefficient (Wildman–Crippen LogP) is 3.02. The zero-order valence-corrected chi connectivity index (χ0v) is 14.0. The third-order valence-corrected chi connectivity index (χ3v) is 3.66. The largest absolute Gasteiger partial charge is 0.467 e. The molecule has 0 bridgehead atoms. The lowest BCUT2D eigenvalue weighted by Gasteiger charge is -2.22. The number of benzene rings is 1. The van der Waals surface area contributed by atoms with E-state index in [4.69, 9.17) is 4.42 Å². The van der Waals surface area contributed by atoms with Gasteiger partial charge in [-0.3, -0.25) is 9.59 Å². The van der Waals surface area contributed by atoms with E-state index in [1.165, 1.54) is 11.8 Å². The zero-order chi connectivity index (χ0) is 16.1. The van der Waals surface area contributed by atoms with Crippen LogP contribution in [0, 0.1) is 6.92 Å². The minimum Gasteiger partial charge on any atom is -0.467 e. The zero-order valence-electron chi connectivity index (χ0n) is 12.4. The van der Waals surface area contributed by atoms with Crippen molar-refractivity contribution in [3.05, 3.63) is 52.4 Å². The summed E-state index contributed by atoms with van der Waals surface area (Å²) in [6.45, 7) is 3.62. The number of furan rings is 1. The first-order chi connectivity index (χ1) is 10.5. The summed E-state index contributed by atoms with van der Waals surface area (Å²) >= 11 is 3.39. The summed E-state index contributed by atoms with van der Waals surface area (Å²) in [5, 5.41) is 2.74. The second-order valence-electron chi connectivity index (χ2n) is 4.89. The Morgan fingerprint density at radius 3 is 2.68 bits per heavy atom. The second-order valence-corrected chi connectivity index (χ2v) is 5.81. The minimum atomic E-state index is -0.242. The molecule has 1 aromatic carbocycles. The van der Waals surface area contributed by atoms with E-state index >= 15 is 0 Å². The van der Waals surface area contributed by atoms with E-state index < -0.39 is 0 Å². The molecule has 116 valence electrons.